The van der Waals surface area contributed by atoms with Gasteiger partial charge < -0.3 is 15.2 Å². The second-order valence-corrected chi connectivity index (χ2v) is 7.44. The van der Waals surface area contributed by atoms with Crippen LogP contribution in [0.1, 0.15) is 18.1 Å². The standard InChI is InChI=1S/C19H16Cl2N2O3S/c1-2-25-16-7-11(8-17-18(24)23-19(22)27-17)3-6-15(16)26-10-12-4-5-13(20)9-14(12)21/h3-9H,2,10H2,1H3,(H2,22,23,24)/b17-8+. The second kappa shape index (κ2) is 8.69. The van der Waals surface area contributed by atoms with Gasteiger partial charge in [-0.2, -0.15) is 4.99 Å². The van der Waals surface area contributed by atoms with Crippen molar-refractivity contribution < 1.29 is 14.3 Å². The fourth-order valence-electron chi connectivity index (χ4n) is 2.37. The molecular weight excluding hydrogens is 407 g/mol. The molecule has 2 aromatic rings. The summed E-state index contributed by atoms with van der Waals surface area (Å²) in [6.45, 7) is 2.63. The van der Waals surface area contributed by atoms with Crippen LogP contribution in [0.3, 0.4) is 0 Å². The summed E-state index contributed by atoms with van der Waals surface area (Å²) < 4.78 is 11.5. The Labute approximate surface area is 171 Å². The number of nitrogens with two attached hydrogens (primary N) is 1. The number of aliphatic imine (C=N–C) groups is 1. The number of amidine groups is 1. The van der Waals surface area contributed by atoms with Gasteiger partial charge in [-0.1, -0.05) is 35.3 Å². The lowest BCUT2D eigenvalue weighted by Gasteiger charge is -2.13. The molecule has 0 atom stereocenters. The van der Waals surface area contributed by atoms with Gasteiger partial charge in [-0.25, -0.2) is 0 Å². The zero-order valence-corrected chi connectivity index (χ0v) is 16.7. The highest BCUT2D eigenvalue weighted by Crippen LogP contribution is 2.33. The van der Waals surface area contributed by atoms with E-state index in [1.807, 2.05) is 19.1 Å². The molecule has 0 saturated heterocycles. The predicted molar refractivity (Wildman–Crippen MR) is 111 cm³/mol. The molecule has 3 rings (SSSR count). The average molecular weight is 423 g/mol. The van der Waals surface area contributed by atoms with Gasteiger partial charge in [-0.15, -0.1) is 0 Å². The van der Waals surface area contributed by atoms with Crippen molar-refractivity contribution in [3.05, 3.63) is 62.5 Å². The summed E-state index contributed by atoms with van der Waals surface area (Å²) in [7, 11) is 0. The first kappa shape index (κ1) is 19.6. The predicted octanol–water partition coefficient (Wildman–Crippen LogP) is 4.90. The van der Waals surface area contributed by atoms with Crippen molar-refractivity contribution in [1.29, 1.82) is 0 Å². The number of amides is 1. The van der Waals surface area contributed by atoms with Crippen LogP contribution < -0.4 is 15.2 Å². The maximum Gasteiger partial charge on any atom is 0.286 e. The molecular formula is C19H16Cl2N2O3S. The van der Waals surface area contributed by atoms with Gasteiger partial charge in [-0.05, 0) is 54.6 Å². The third kappa shape index (κ3) is 4.97. The smallest absolute Gasteiger partial charge is 0.286 e. The molecule has 140 valence electrons. The van der Waals surface area contributed by atoms with Gasteiger partial charge in [0.15, 0.2) is 16.7 Å². The summed E-state index contributed by atoms with van der Waals surface area (Å²) in [6, 6.07) is 10.7. The van der Waals surface area contributed by atoms with E-state index in [1.165, 1.54) is 0 Å². The molecule has 1 heterocycles. The molecule has 2 N–H and O–H groups in total. The van der Waals surface area contributed by atoms with E-state index < -0.39 is 0 Å². The Bertz CT molecular complexity index is 945. The van der Waals surface area contributed by atoms with Crippen LogP contribution in [0.4, 0.5) is 0 Å². The number of hydrogen-bond acceptors (Lipinski definition) is 5. The molecule has 8 heteroatoms. The van der Waals surface area contributed by atoms with Crippen molar-refractivity contribution in [2.75, 3.05) is 6.61 Å². The van der Waals surface area contributed by atoms with Gasteiger partial charge >= 0.3 is 0 Å². The van der Waals surface area contributed by atoms with Crippen LogP contribution in [-0.4, -0.2) is 17.7 Å². The van der Waals surface area contributed by atoms with Gasteiger partial charge in [0.05, 0.1) is 11.5 Å². The number of carbonyl (C=O) groups is 1. The average Bonchev–Trinajstić information content (AvgIpc) is 2.93. The van der Waals surface area contributed by atoms with Crippen molar-refractivity contribution >= 4 is 52.1 Å². The Morgan fingerprint density at radius 2 is 1.96 bits per heavy atom. The lowest BCUT2D eigenvalue weighted by Crippen LogP contribution is -2.01. The summed E-state index contributed by atoms with van der Waals surface area (Å²) in [4.78, 5) is 15.9. The topological polar surface area (TPSA) is 73.9 Å². The van der Waals surface area contributed by atoms with E-state index in [4.69, 9.17) is 38.4 Å². The lowest BCUT2D eigenvalue weighted by atomic mass is 10.2. The summed E-state index contributed by atoms with van der Waals surface area (Å²) >= 11 is 13.2. The molecule has 5 nitrogen and oxygen atoms in total. The van der Waals surface area contributed by atoms with Gasteiger partial charge in [0.25, 0.3) is 5.91 Å². The fourth-order valence-corrected chi connectivity index (χ4v) is 3.52. The molecule has 0 unspecified atom stereocenters. The Hall–Kier alpha value is -2.15. The minimum Gasteiger partial charge on any atom is -0.490 e. The fraction of sp³-hybridized carbons (Fsp3) is 0.158. The minimum atomic E-state index is -0.340. The number of halogens is 2. The number of ether oxygens (including phenoxy) is 2. The molecule has 1 aliphatic heterocycles. The van der Waals surface area contributed by atoms with Crippen LogP contribution in [0.2, 0.25) is 10.0 Å². The molecule has 1 aliphatic rings. The third-order valence-electron chi connectivity index (χ3n) is 3.60. The number of nitrogens with zero attached hydrogens (tertiary/aromatic N) is 1. The summed E-state index contributed by atoms with van der Waals surface area (Å²) in [5, 5.41) is 1.35. The van der Waals surface area contributed by atoms with E-state index in [9.17, 15) is 4.79 Å². The summed E-state index contributed by atoms with van der Waals surface area (Å²) in [6.07, 6.45) is 1.72. The van der Waals surface area contributed by atoms with Crippen LogP contribution >= 0.6 is 35.0 Å². The Kier molecular flexibility index (Phi) is 6.31. The molecule has 2 aromatic carbocycles. The zero-order chi connectivity index (χ0) is 19.4. The summed E-state index contributed by atoms with van der Waals surface area (Å²) in [5.74, 6) is 0.806. The molecule has 27 heavy (non-hydrogen) atoms. The third-order valence-corrected chi connectivity index (χ3v) is 5.00. The second-order valence-electron chi connectivity index (χ2n) is 5.53. The zero-order valence-electron chi connectivity index (χ0n) is 14.4. The van der Waals surface area contributed by atoms with Crippen LogP contribution in [0.25, 0.3) is 6.08 Å². The number of hydrogen-bond donors (Lipinski definition) is 1. The normalized spacial score (nSPS) is 15.1. The highest BCUT2D eigenvalue weighted by molar-refractivity contribution is 8.18. The molecule has 0 saturated carbocycles. The van der Waals surface area contributed by atoms with Gasteiger partial charge in [0.2, 0.25) is 0 Å². The van der Waals surface area contributed by atoms with Crippen molar-refractivity contribution in [3.63, 3.8) is 0 Å². The molecule has 0 aromatic heterocycles. The first-order chi connectivity index (χ1) is 13.0. The van der Waals surface area contributed by atoms with E-state index in [0.29, 0.717) is 33.1 Å². The van der Waals surface area contributed by atoms with Crippen molar-refractivity contribution in [3.8, 4) is 11.5 Å². The summed E-state index contributed by atoms with van der Waals surface area (Å²) in [5.41, 5.74) is 7.18. The van der Waals surface area contributed by atoms with Crippen molar-refractivity contribution in [2.45, 2.75) is 13.5 Å². The molecule has 0 spiro atoms. The van der Waals surface area contributed by atoms with E-state index in [1.54, 1.807) is 30.3 Å². The Balaban J connectivity index is 1.79. The highest BCUT2D eigenvalue weighted by Gasteiger charge is 2.19. The molecule has 0 radical (unpaired) electrons. The monoisotopic (exact) mass is 422 g/mol. The van der Waals surface area contributed by atoms with Gasteiger partial charge in [0, 0.05) is 15.6 Å². The number of benzene rings is 2. The maximum absolute atomic E-state index is 11.7. The van der Waals surface area contributed by atoms with Gasteiger partial charge in [-0.3, -0.25) is 4.79 Å². The SMILES string of the molecule is CCOc1cc(/C=C2/SC(N)=NC2=O)ccc1OCc1ccc(Cl)cc1Cl. The lowest BCUT2D eigenvalue weighted by molar-refractivity contribution is -0.113. The van der Waals surface area contributed by atoms with Crippen molar-refractivity contribution in [1.82, 2.24) is 0 Å². The van der Waals surface area contributed by atoms with Crippen LogP contribution in [-0.2, 0) is 11.4 Å². The molecule has 0 bridgehead atoms. The first-order valence-electron chi connectivity index (χ1n) is 8.08. The van der Waals surface area contributed by atoms with Crippen molar-refractivity contribution in [2.24, 2.45) is 10.7 Å². The molecule has 0 fully saturated rings. The van der Waals surface area contributed by atoms with E-state index >= 15 is 0 Å². The quantitative estimate of drug-likeness (QED) is 0.669. The van der Waals surface area contributed by atoms with E-state index in [-0.39, 0.29) is 17.7 Å². The number of carbonyl (C=O) groups excluding carboxylic acids is 1. The highest BCUT2D eigenvalue weighted by atomic mass is 35.5. The number of rotatable bonds is 6. The largest absolute Gasteiger partial charge is 0.490 e. The van der Waals surface area contributed by atoms with E-state index in [0.717, 1.165) is 22.9 Å². The minimum absolute atomic E-state index is 0.246. The first-order valence-corrected chi connectivity index (χ1v) is 9.65. The van der Waals surface area contributed by atoms with Gasteiger partial charge in [0.1, 0.15) is 6.61 Å². The van der Waals surface area contributed by atoms with E-state index in [2.05, 4.69) is 4.99 Å². The van der Waals surface area contributed by atoms with Crippen LogP contribution in [0, 0.1) is 0 Å². The Morgan fingerprint density at radius 1 is 1.15 bits per heavy atom. The number of thioether (sulfide) groups is 1. The molecule has 1 amide bonds. The van der Waals surface area contributed by atoms with Crippen LogP contribution in [0.15, 0.2) is 46.3 Å². The maximum atomic E-state index is 11.7. The molecule has 0 aliphatic carbocycles. The Morgan fingerprint density at radius 3 is 2.63 bits per heavy atom. The van der Waals surface area contributed by atoms with Crippen LogP contribution in [0.5, 0.6) is 11.5 Å².